The molecular formula is C14H14N4S. The van der Waals surface area contributed by atoms with Gasteiger partial charge >= 0.3 is 0 Å². The Morgan fingerprint density at radius 1 is 1.26 bits per heavy atom. The predicted octanol–water partition coefficient (Wildman–Crippen LogP) is 3.58. The first kappa shape index (κ1) is 12.0. The van der Waals surface area contributed by atoms with Crippen LogP contribution in [0.4, 0.5) is 5.82 Å². The average molecular weight is 270 g/mol. The predicted molar refractivity (Wildman–Crippen MR) is 79.4 cm³/mol. The van der Waals surface area contributed by atoms with Gasteiger partial charge in [-0.2, -0.15) is 0 Å². The molecule has 4 nitrogen and oxygen atoms in total. The number of thiophene rings is 1. The van der Waals surface area contributed by atoms with Gasteiger partial charge in [-0.1, -0.05) is 6.92 Å². The van der Waals surface area contributed by atoms with Crippen molar-refractivity contribution in [2.75, 3.05) is 11.9 Å². The van der Waals surface area contributed by atoms with E-state index in [0.717, 1.165) is 34.6 Å². The highest BCUT2D eigenvalue weighted by atomic mass is 32.1. The Hall–Kier alpha value is -2.01. The van der Waals surface area contributed by atoms with Crippen molar-refractivity contribution >= 4 is 27.4 Å². The second kappa shape index (κ2) is 5.32. The fourth-order valence-corrected chi connectivity index (χ4v) is 2.60. The summed E-state index contributed by atoms with van der Waals surface area (Å²) in [5.41, 5.74) is 1.98. The molecule has 0 radical (unpaired) electrons. The van der Waals surface area contributed by atoms with E-state index < -0.39 is 0 Å². The molecule has 3 rings (SSSR count). The monoisotopic (exact) mass is 270 g/mol. The molecule has 0 aromatic carbocycles. The molecule has 3 aromatic rings. The lowest BCUT2D eigenvalue weighted by Crippen LogP contribution is -2.03. The van der Waals surface area contributed by atoms with Crippen molar-refractivity contribution in [3.05, 3.63) is 36.0 Å². The first-order chi connectivity index (χ1) is 9.36. The van der Waals surface area contributed by atoms with E-state index in [1.54, 1.807) is 17.5 Å². The summed E-state index contributed by atoms with van der Waals surface area (Å²) in [6, 6.07) is 5.99. The number of aromatic nitrogens is 3. The van der Waals surface area contributed by atoms with Crippen LogP contribution >= 0.6 is 11.3 Å². The summed E-state index contributed by atoms with van der Waals surface area (Å²) in [5.74, 6) is 1.57. The fraction of sp³-hybridized carbons (Fsp3) is 0.214. The van der Waals surface area contributed by atoms with Crippen molar-refractivity contribution in [2.45, 2.75) is 13.3 Å². The van der Waals surface area contributed by atoms with E-state index in [-0.39, 0.29) is 0 Å². The first-order valence-electron chi connectivity index (χ1n) is 6.27. The highest BCUT2D eigenvalue weighted by molar-refractivity contribution is 7.17. The molecule has 0 spiro atoms. The van der Waals surface area contributed by atoms with E-state index in [0.29, 0.717) is 5.82 Å². The van der Waals surface area contributed by atoms with Gasteiger partial charge in [0.1, 0.15) is 5.82 Å². The van der Waals surface area contributed by atoms with Crippen LogP contribution in [-0.4, -0.2) is 21.5 Å². The molecule has 3 aromatic heterocycles. The van der Waals surface area contributed by atoms with Crippen LogP contribution in [0.15, 0.2) is 36.0 Å². The molecule has 1 N–H and O–H groups in total. The SMILES string of the molecule is CCCNc1ccnc(-c2cnc3ccsc3c2)n1. The van der Waals surface area contributed by atoms with Gasteiger partial charge in [-0.25, -0.2) is 9.97 Å². The van der Waals surface area contributed by atoms with Crippen LogP contribution in [0, 0.1) is 0 Å². The molecule has 0 amide bonds. The van der Waals surface area contributed by atoms with Crippen LogP contribution in [-0.2, 0) is 0 Å². The lowest BCUT2D eigenvalue weighted by Gasteiger charge is -2.05. The number of nitrogens with zero attached hydrogens (tertiary/aromatic N) is 3. The Kier molecular flexibility index (Phi) is 3.37. The average Bonchev–Trinajstić information content (AvgIpc) is 2.92. The van der Waals surface area contributed by atoms with E-state index in [2.05, 4.69) is 33.3 Å². The van der Waals surface area contributed by atoms with Crippen LogP contribution in [0.2, 0.25) is 0 Å². The van der Waals surface area contributed by atoms with Crippen molar-refractivity contribution in [2.24, 2.45) is 0 Å². The molecule has 0 atom stereocenters. The summed E-state index contributed by atoms with van der Waals surface area (Å²) in [7, 11) is 0. The Morgan fingerprint density at radius 2 is 2.21 bits per heavy atom. The van der Waals surface area contributed by atoms with Gasteiger partial charge in [-0.15, -0.1) is 11.3 Å². The standard InChI is InChI=1S/C14H14N4S/c1-2-5-15-13-3-6-16-14(18-13)10-8-12-11(17-9-10)4-7-19-12/h3-4,6-9H,2,5H2,1H3,(H,15,16,18). The molecule has 19 heavy (non-hydrogen) atoms. The van der Waals surface area contributed by atoms with Crippen molar-refractivity contribution in [1.82, 2.24) is 15.0 Å². The Labute approximate surface area is 115 Å². The first-order valence-corrected chi connectivity index (χ1v) is 7.15. The topological polar surface area (TPSA) is 50.7 Å². The van der Waals surface area contributed by atoms with E-state index in [4.69, 9.17) is 0 Å². The molecule has 96 valence electrons. The van der Waals surface area contributed by atoms with Crippen LogP contribution in [0.5, 0.6) is 0 Å². The number of hydrogen-bond donors (Lipinski definition) is 1. The zero-order valence-corrected chi connectivity index (χ0v) is 11.4. The van der Waals surface area contributed by atoms with Crippen LogP contribution in [0.3, 0.4) is 0 Å². The van der Waals surface area contributed by atoms with Crippen molar-refractivity contribution < 1.29 is 0 Å². The molecular weight excluding hydrogens is 256 g/mol. The van der Waals surface area contributed by atoms with Gasteiger partial charge in [0.05, 0.1) is 10.2 Å². The van der Waals surface area contributed by atoms with Gasteiger partial charge in [0, 0.05) is 24.5 Å². The number of anilines is 1. The Bertz CT molecular complexity index is 692. The highest BCUT2D eigenvalue weighted by Crippen LogP contribution is 2.24. The number of rotatable bonds is 4. The quantitative estimate of drug-likeness (QED) is 0.787. The maximum Gasteiger partial charge on any atom is 0.163 e. The second-order valence-electron chi connectivity index (χ2n) is 4.22. The third-order valence-corrected chi connectivity index (χ3v) is 3.63. The molecule has 0 unspecified atom stereocenters. The molecule has 0 aliphatic rings. The van der Waals surface area contributed by atoms with Crippen LogP contribution in [0.25, 0.3) is 21.6 Å². The minimum atomic E-state index is 0.712. The molecule has 0 bridgehead atoms. The number of fused-ring (bicyclic) bond motifs is 1. The zero-order valence-electron chi connectivity index (χ0n) is 10.6. The second-order valence-corrected chi connectivity index (χ2v) is 5.17. The van der Waals surface area contributed by atoms with Crippen molar-refractivity contribution in [3.63, 3.8) is 0 Å². The maximum atomic E-state index is 4.51. The summed E-state index contributed by atoms with van der Waals surface area (Å²) in [5, 5.41) is 5.31. The lowest BCUT2D eigenvalue weighted by molar-refractivity contribution is 0.966. The van der Waals surface area contributed by atoms with E-state index >= 15 is 0 Å². The van der Waals surface area contributed by atoms with E-state index in [1.165, 1.54) is 0 Å². The molecule has 0 fully saturated rings. The third-order valence-electron chi connectivity index (χ3n) is 2.77. The number of hydrogen-bond acceptors (Lipinski definition) is 5. The largest absolute Gasteiger partial charge is 0.370 e. The summed E-state index contributed by atoms with van der Waals surface area (Å²) in [4.78, 5) is 13.3. The maximum absolute atomic E-state index is 4.51. The van der Waals surface area contributed by atoms with E-state index in [1.807, 2.05) is 23.7 Å². The van der Waals surface area contributed by atoms with E-state index in [9.17, 15) is 0 Å². The highest BCUT2D eigenvalue weighted by Gasteiger charge is 2.05. The molecule has 0 saturated heterocycles. The molecule has 0 saturated carbocycles. The van der Waals surface area contributed by atoms with Gasteiger partial charge in [0.15, 0.2) is 5.82 Å². The van der Waals surface area contributed by atoms with Crippen molar-refractivity contribution in [3.8, 4) is 11.4 Å². The van der Waals surface area contributed by atoms with Gasteiger partial charge in [-0.05, 0) is 30.0 Å². The normalized spacial score (nSPS) is 10.8. The van der Waals surface area contributed by atoms with Gasteiger partial charge in [0.25, 0.3) is 0 Å². The molecule has 3 heterocycles. The third kappa shape index (κ3) is 2.56. The van der Waals surface area contributed by atoms with Gasteiger partial charge < -0.3 is 5.32 Å². The molecule has 5 heteroatoms. The smallest absolute Gasteiger partial charge is 0.163 e. The summed E-state index contributed by atoms with van der Waals surface area (Å²) >= 11 is 1.68. The van der Waals surface area contributed by atoms with Gasteiger partial charge in [-0.3, -0.25) is 4.98 Å². The van der Waals surface area contributed by atoms with Gasteiger partial charge in [0.2, 0.25) is 0 Å². The van der Waals surface area contributed by atoms with Crippen molar-refractivity contribution in [1.29, 1.82) is 0 Å². The number of nitrogens with one attached hydrogen (secondary N) is 1. The summed E-state index contributed by atoms with van der Waals surface area (Å²) in [6.45, 7) is 3.04. The Morgan fingerprint density at radius 3 is 3.11 bits per heavy atom. The summed E-state index contributed by atoms with van der Waals surface area (Å²) in [6.07, 6.45) is 4.68. The minimum Gasteiger partial charge on any atom is -0.370 e. The Balaban J connectivity index is 1.95. The number of pyridine rings is 1. The van der Waals surface area contributed by atoms with Crippen LogP contribution in [0.1, 0.15) is 13.3 Å². The fourth-order valence-electron chi connectivity index (χ4n) is 1.82. The van der Waals surface area contributed by atoms with Crippen LogP contribution < -0.4 is 5.32 Å². The molecule has 0 aliphatic carbocycles. The summed E-state index contributed by atoms with van der Waals surface area (Å²) < 4.78 is 1.16. The minimum absolute atomic E-state index is 0.712. The lowest BCUT2D eigenvalue weighted by atomic mass is 10.2. The zero-order chi connectivity index (χ0) is 13.1. The molecule has 0 aliphatic heterocycles.